The van der Waals surface area contributed by atoms with Crippen molar-refractivity contribution < 1.29 is 19.0 Å². The molecule has 0 unspecified atom stereocenters. The van der Waals surface area contributed by atoms with Crippen molar-refractivity contribution in [1.82, 2.24) is 0 Å². The fraction of sp³-hybridized carbons (Fsp3) is 0.409. The Bertz CT molecular complexity index is 797. The first-order chi connectivity index (χ1) is 12.5. The van der Waals surface area contributed by atoms with Crippen LogP contribution in [0.1, 0.15) is 22.3 Å². The van der Waals surface area contributed by atoms with Crippen molar-refractivity contribution in [2.24, 2.45) is 11.8 Å². The highest BCUT2D eigenvalue weighted by atomic mass is 16.5. The van der Waals surface area contributed by atoms with Crippen LogP contribution in [0.4, 0.5) is 0 Å². The number of ether oxygens (including phenoxy) is 3. The minimum Gasteiger partial charge on any atom is -0.493 e. The van der Waals surface area contributed by atoms with Crippen molar-refractivity contribution in [3.05, 3.63) is 58.7 Å². The first-order valence-corrected chi connectivity index (χ1v) is 8.95. The van der Waals surface area contributed by atoms with E-state index in [1.54, 1.807) is 14.2 Å². The molecule has 1 aliphatic heterocycles. The van der Waals surface area contributed by atoms with Crippen LogP contribution in [0.2, 0.25) is 0 Å². The van der Waals surface area contributed by atoms with Gasteiger partial charge in [0.1, 0.15) is 0 Å². The number of hydrogen-bond acceptors (Lipinski definition) is 4. The van der Waals surface area contributed by atoms with Gasteiger partial charge < -0.3 is 14.2 Å². The lowest BCUT2D eigenvalue weighted by Gasteiger charge is -2.17. The maximum absolute atomic E-state index is 12.3. The van der Waals surface area contributed by atoms with E-state index in [9.17, 15) is 4.79 Å². The maximum atomic E-state index is 12.3. The molecule has 3 rings (SSSR count). The summed E-state index contributed by atoms with van der Waals surface area (Å²) in [5.41, 5.74) is 4.83. The quantitative estimate of drug-likeness (QED) is 0.738. The van der Waals surface area contributed by atoms with Crippen LogP contribution in [0.25, 0.3) is 0 Å². The lowest BCUT2D eigenvalue weighted by Crippen LogP contribution is -2.20. The molecule has 138 valence electrons. The summed E-state index contributed by atoms with van der Waals surface area (Å²) in [6.45, 7) is 4.68. The van der Waals surface area contributed by atoms with Crippen LogP contribution in [0.5, 0.6) is 11.5 Å². The Morgan fingerprint density at radius 1 is 0.923 bits per heavy atom. The van der Waals surface area contributed by atoms with Crippen LogP contribution >= 0.6 is 0 Å². The second kappa shape index (κ2) is 7.81. The van der Waals surface area contributed by atoms with Crippen molar-refractivity contribution in [3.8, 4) is 11.5 Å². The molecule has 0 spiro atoms. The summed E-state index contributed by atoms with van der Waals surface area (Å²) in [5.74, 6) is 1.39. The Kier molecular flexibility index (Phi) is 5.50. The van der Waals surface area contributed by atoms with Crippen LogP contribution in [-0.4, -0.2) is 26.8 Å². The summed E-state index contributed by atoms with van der Waals surface area (Å²) in [5, 5.41) is 0. The van der Waals surface area contributed by atoms with Crippen molar-refractivity contribution in [3.63, 3.8) is 0 Å². The average molecular weight is 354 g/mol. The zero-order valence-electron chi connectivity index (χ0n) is 15.9. The smallest absolute Gasteiger partial charge is 0.309 e. The molecule has 0 N–H and O–H groups in total. The molecule has 0 bridgehead atoms. The molecule has 26 heavy (non-hydrogen) atoms. The predicted octanol–water partition coefficient (Wildman–Crippen LogP) is 3.90. The number of aryl methyl sites for hydroxylation is 2. The van der Waals surface area contributed by atoms with Gasteiger partial charge in [0.05, 0.1) is 26.7 Å². The highest BCUT2D eigenvalue weighted by Gasteiger charge is 2.36. The molecule has 0 aliphatic carbocycles. The van der Waals surface area contributed by atoms with Crippen molar-refractivity contribution in [2.45, 2.75) is 26.7 Å². The average Bonchev–Trinajstić information content (AvgIpc) is 2.98. The molecule has 2 aromatic carbocycles. The molecule has 0 amide bonds. The molecule has 2 atom stereocenters. The number of hydrogen-bond donors (Lipinski definition) is 0. The van der Waals surface area contributed by atoms with Gasteiger partial charge in [-0.3, -0.25) is 4.79 Å². The monoisotopic (exact) mass is 354 g/mol. The van der Waals surface area contributed by atoms with Gasteiger partial charge in [0.2, 0.25) is 0 Å². The number of cyclic esters (lactones) is 1. The molecule has 4 nitrogen and oxygen atoms in total. The molecular weight excluding hydrogens is 328 g/mol. The molecule has 1 saturated heterocycles. The molecule has 0 radical (unpaired) electrons. The summed E-state index contributed by atoms with van der Waals surface area (Å²) in [7, 11) is 3.26. The minimum atomic E-state index is -0.106. The highest BCUT2D eigenvalue weighted by Crippen LogP contribution is 2.33. The molecule has 4 heteroatoms. The molecule has 1 heterocycles. The first kappa shape index (κ1) is 18.3. The lowest BCUT2D eigenvalue weighted by atomic mass is 9.84. The minimum absolute atomic E-state index is 0.0892. The van der Waals surface area contributed by atoms with Crippen LogP contribution in [-0.2, 0) is 22.4 Å². The van der Waals surface area contributed by atoms with E-state index in [0.717, 1.165) is 18.4 Å². The van der Waals surface area contributed by atoms with Crippen molar-refractivity contribution in [1.29, 1.82) is 0 Å². The molecule has 1 fully saturated rings. The number of esters is 1. The SMILES string of the molecule is COc1ccc(C[C@H]2COC(=O)[C@@H]2Cc2ccc(C)c(C)c2)cc1OC. The van der Waals surface area contributed by atoms with E-state index >= 15 is 0 Å². The Labute approximate surface area is 155 Å². The van der Waals surface area contributed by atoms with Gasteiger partial charge >= 0.3 is 5.97 Å². The van der Waals surface area contributed by atoms with Crippen LogP contribution < -0.4 is 9.47 Å². The fourth-order valence-corrected chi connectivity index (χ4v) is 3.55. The third-order valence-electron chi connectivity index (χ3n) is 5.28. The van der Waals surface area contributed by atoms with Crippen LogP contribution in [0, 0.1) is 25.7 Å². The number of carbonyl (C=O) groups excluding carboxylic acids is 1. The number of rotatable bonds is 6. The van der Waals surface area contributed by atoms with E-state index in [-0.39, 0.29) is 17.8 Å². The molecule has 2 aromatic rings. The van der Waals surface area contributed by atoms with Gasteiger partial charge in [-0.25, -0.2) is 0 Å². The maximum Gasteiger partial charge on any atom is 0.309 e. The van der Waals surface area contributed by atoms with Crippen LogP contribution in [0.15, 0.2) is 36.4 Å². The molecule has 1 aliphatic rings. The van der Waals surface area contributed by atoms with Gasteiger partial charge in [0.25, 0.3) is 0 Å². The van der Waals surface area contributed by atoms with Gasteiger partial charge in [-0.2, -0.15) is 0 Å². The van der Waals surface area contributed by atoms with E-state index in [1.807, 2.05) is 18.2 Å². The predicted molar refractivity (Wildman–Crippen MR) is 101 cm³/mol. The summed E-state index contributed by atoms with van der Waals surface area (Å²) in [6, 6.07) is 12.3. The summed E-state index contributed by atoms with van der Waals surface area (Å²) in [6.07, 6.45) is 1.50. The van der Waals surface area contributed by atoms with Gasteiger partial charge in [-0.05, 0) is 61.1 Å². The van der Waals surface area contributed by atoms with Gasteiger partial charge in [-0.15, -0.1) is 0 Å². The van der Waals surface area contributed by atoms with E-state index in [0.29, 0.717) is 18.1 Å². The Morgan fingerprint density at radius 2 is 1.62 bits per heavy atom. The summed E-state index contributed by atoms with van der Waals surface area (Å²) in [4.78, 5) is 12.3. The zero-order valence-corrected chi connectivity index (χ0v) is 15.9. The van der Waals surface area contributed by atoms with Crippen LogP contribution in [0.3, 0.4) is 0 Å². The first-order valence-electron chi connectivity index (χ1n) is 8.95. The topological polar surface area (TPSA) is 44.8 Å². The van der Waals surface area contributed by atoms with E-state index in [2.05, 4.69) is 32.0 Å². The lowest BCUT2D eigenvalue weighted by molar-refractivity contribution is -0.141. The molecule has 0 saturated carbocycles. The number of carbonyl (C=O) groups is 1. The number of benzene rings is 2. The Morgan fingerprint density at radius 3 is 2.31 bits per heavy atom. The summed E-state index contributed by atoms with van der Waals surface area (Å²) >= 11 is 0. The summed E-state index contributed by atoms with van der Waals surface area (Å²) < 4.78 is 16.1. The third kappa shape index (κ3) is 3.85. The number of methoxy groups -OCH3 is 2. The Balaban J connectivity index is 1.76. The second-order valence-corrected chi connectivity index (χ2v) is 7.01. The Hall–Kier alpha value is -2.49. The van der Waals surface area contributed by atoms with Gasteiger partial charge in [0, 0.05) is 5.92 Å². The highest BCUT2D eigenvalue weighted by molar-refractivity contribution is 5.75. The standard InChI is InChI=1S/C22H26O4/c1-14-5-6-16(9-15(14)2)11-19-18(13-26-22(19)23)10-17-7-8-20(24-3)21(12-17)25-4/h5-9,12,18-19H,10-11,13H2,1-4H3/t18-,19+/m0/s1. The zero-order chi connectivity index (χ0) is 18.7. The fourth-order valence-electron chi connectivity index (χ4n) is 3.55. The third-order valence-corrected chi connectivity index (χ3v) is 5.28. The van der Waals surface area contributed by atoms with Crippen molar-refractivity contribution >= 4 is 5.97 Å². The van der Waals surface area contributed by atoms with Gasteiger partial charge in [-0.1, -0.05) is 24.3 Å². The molecular formula is C22H26O4. The van der Waals surface area contributed by atoms with Crippen molar-refractivity contribution in [2.75, 3.05) is 20.8 Å². The van der Waals surface area contributed by atoms with Gasteiger partial charge in [0.15, 0.2) is 11.5 Å². The van der Waals surface area contributed by atoms with E-state index in [1.165, 1.54) is 16.7 Å². The molecule has 0 aromatic heterocycles. The van der Waals surface area contributed by atoms with E-state index in [4.69, 9.17) is 14.2 Å². The second-order valence-electron chi connectivity index (χ2n) is 7.01. The normalized spacial score (nSPS) is 19.3. The largest absolute Gasteiger partial charge is 0.493 e. The van der Waals surface area contributed by atoms with E-state index < -0.39 is 0 Å².